The molecule has 4 nitrogen and oxygen atoms in total. The van der Waals surface area contributed by atoms with E-state index in [0.717, 1.165) is 0 Å². The van der Waals surface area contributed by atoms with E-state index in [9.17, 15) is 13.2 Å². The summed E-state index contributed by atoms with van der Waals surface area (Å²) in [7, 11) is 0. The first kappa shape index (κ1) is 16.7. The summed E-state index contributed by atoms with van der Waals surface area (Å²) in [6, 6.07) is 11.8. The molecule has 0 bridgehead atoms. The van der Waals surface area contributed by atoms with Crippen molar-refractivity contribution in [2.24, 2.45) is 5.16 Å². The zero-order chi connectivity index (χ0) is 16.5. The van der Waals surface area contributed by atoms with Gasteiger partial charge in [-0.25, -0.2) is 4.39 Å². The smallest absolute Gasteiger partial charge is 0.387 e. The van der Waals surface area contributed by atoms with Crippen molar-refractivity contribution in [1.29, 1.82) is 0 Å². The summed E-state index contributed by atoms with van der Waals surface area (Å²) >= 11 is 0. The van der Waals surface area contributed by atoms with E-state index in [1.165, 1.54) is 36.5 Å². The topological polar surface area (TPSA) is 40.0 Å². The number of halogens is 3. The van der Waals surface area contributed by atoms with Crippen LogP contribution in [0.2, 0.25) is 0 Å². The third-order valence-electron chi connectivity index (χ3n) is 2.66. The number of nitrogens with zero attached hydrogens (tertiary/aromatic N) is 1. The Labute approximate surface area is 131 Å². The molecule has 7 heteroatoms. The van der Waals surface area contributed by atoms with Gasteiger partial charge in [-0.3, -0.25) is 0 Å². The average Bonchev–Trinajstić information content (AvgIpc) is 2.53. The summed E-state index contributed by atoms with van der Waals surface area (Å²) in [5.74, 6) is 0.176. The summed E-state index contributed by atoms with van der Waals surface area (Å²) in [6.07, 6.45) is 1.27. The standard InChI is InChI=1S/C16H14F3NO3/c17-13-5-7-14(8-6-13)21-9-10-22-20-11-12-3-1-2-4-15(12)23-16(18)19/h1-8,11,16H,9-10H2. The molecule has 0 amide bonds. The third kappa shape index (κ3) is 5.90. The fraction of sp³-hybridized carbons (Fsp3) is 0.188. The van der Waals surface area contributed by atoms with Gasteiger partial charge in [0.2, 0.25) is 0 Å². The number of ether oxygens (including phenoxy) is 2. The minimum atomic E-state index is -2.91. The van der Waals surface area contributed by atoms with Gasteiger partial charge in [0.25, 0.3) is 0 Å². The van der Waals surface area contributed by atoms with E-state index in [4.69, 9.17) is 9.57 Å². The number of benzene rings is 2. The van der Waals surface area contributed by atoms with Crippen molar-refractivity contribution in [3.8, 4) is 11.5 Å². The number of hydrogen-bond donors (Lipinski definition) is 0. The van der Waals surface area contributed by atoms with Gasteiger partial charge in [0.1, 0.15) is 23.9 Å². The summed E-state index contributed by atoms with van der Waals surface area (Å²) in [5, 5.41) is 3.66. The Hall–Kier alpha value is -2.70. The second-order valence-corrected chi connectivity index (χ2v) is 4.29. The molecule has 0 saturated carbocycles. The molecule has 0 fully saturated rings. The number of hydrogen-bond acceptors (Lipinski definition) is 4. The predicted molar refractivity (Wildman–Crippen MR) is 78.5 cm³/mol. The second-order valence-electron chi connectivity index (χ2n) is 4.29. The van der Waals surface area contributed by atoms with Crippen LogP contribution >= 0.6 is 0 Å². The molecule has 0 unspecified atom stereocenters. The molecule has 0 saturated heterocycles. The van der Waals surface area contributed by atoms with Gasteiger partial charge >= 0.3 is 6.61 Å². The van der Waals surface area contributed by atoms with Crippen molar-refractivity contribution in [1.82, 2.24) is 0 Å². The normalized spacial score (nSPS) is 11.0. The van der Waals surface area contributed by atoms with Crippen molar-refractivity contribution in [3.05, 3.63) is 59.9 Å². The minimum absolute atomic E-state index is 0.0115. The van der Waals surface area contributed by atoms with Crippen molar-refractivity contribution in [2.45, 2.75) is 6.61 Å². The van der Waals surface area contributed by atoms with Crippen LogP contribution in [0.1, 0.15) is 5.56 Å². The summed E-state index contributed by atoms with van der Waals surface area (Å²) in [5.41, 5.74) is 0.368. The second kappa shape index (κ2) is 8.67. The van der Waals surface area contributed by atoms with Gasteiger partial charge in [-0.05, 0) is 36.4 Å². The summed E-state index contributed by atoms with van der Waals surface area (Å²) < 4.78 is 46.8. The quantitative estimate of drug-likeness (QED) is 0.420. The Bertz CT molecular complexity index is 633. The molecule has 0 aromatic heterocycles. The van der Waals surface area contributed by atoms with Crippen molar-refractivity contribution in [3.63, 3.8) is 0 Å². The van der Waals surface area contributed by atoms with Gasteiger partial charge in [0, 0.05) is 5.56 Å². The fourth-order valence-electron chi connectivity index (χ4n) is 1.66. The first-order valence-corrected chi connectivity index (χ1v) is 6.72. The van der Waals surface area contributed by atoms with Gasteiger partial charge in [0.15, 0.2) is 6.61 Å². The number of alkyl halides is 2. The average molecular weight is 325 g/mol. The molecule has 2 rings (SSSR count). The highest BCUT2D eigenvalue weighted by Crippen LogP contribution is 2.18. The van der Waals surface area contributed by atoms with Crippen molar-refractivity contribution < 1.29 is 27.5 Å². The predicted octanol–water partition coefficient (Wildman–Crippen LogP) is 3.86. The molecule has 0 aliphatic heterocycles. The first-order valence-electron chi connectivity index (χ1n) is 6.72. The molecule has 0 atom stereocenters. The molecular formula is C16H14F3NO3. The van der Waals surface area contributed by atoms with Gasteiger partial charge in [-0.1, -0.05) is 17.3 Å². The van der Waals surface area contributed by atoms with E-state index in [1.54, 1.807) is 18.2 Å². The zero-order valence-electron chi connectivity index (χ0n) is 12.0. The van der Waals surface area contributed by atoms with Crippen LogP contribution in [0, 0.1) is 5.82 Å². The fourth-order valence-corrected chi connectivity index (χ4v) is 1.66. The number of rotatable bonds is 8. The molecule has 0 N–H and O–H groups in total. The van der Waals surface area contributed by atoms with Crippen LogP contribution < -0.4 is 9.47 Å². The van der Waals surface area contributed by atoms with Crippen LogP contribution in [0.4, 0.5) is 13.2 Å². The molecule has 23 heavy (non-hydrogen) atoms. The van der Waals surface area contributed by atoms with Crippen molar-refractivity contribution >= 4 is 6.21 Å². The van der Waals surface area contributed by atoms with Gasteiger partial charge in [-0.15, -0.1) is 0 Å². The first-order chi connectivity index (χ1) is 11.1. The third-order valence-corrected chi connectivity index (χ3v) is 2.66. The Morgan fingerprint density at radius 2 is 1.74 bits per heavy atom. The van der Waals surface area contributed by atoms with Gasteiger partial charge in [0.05, 0.1) is 6.21 Å². The van der Waals surface area contributed by atoms with Gasteiger partial charge in [-0.2, -0.15) is 8.78 Å². The Morgan fingerprint density at radius 1 is 1.00 bits per heavy atom. The number of para-hydroxylation sites is 1. The summed E-state index contributed by atoms with van der Waals surface area (Å²) in [4.78, 5) is 4.97. The van der Waals surface area contributed by atoms with Crippen molar-refractivity contribution in [2.75, 3.05) is 13.2 Å². The summed E-state index contributed by atoms with van der Waals surface area (Å²) in [6.45, 7) is -2.56. The maximum Gasteiger partial charge on any atom is 0.387 e. The van der Waals surface area contributed by atoms with Crippen LogP contribution in [-0.2, 0) is 4.84 Å². The molecule has 122 valence electrons. The van der Waals surface area contributed by atoms with E-state index in [2.05, 4.69) is 9.89 Å². The monoisotopic (exact) mass is 325 g/mol. The molecule has 0 aliphatic carbocycles. The Balaban J connectivity index is 1.75. The molecule has 0 radical (unpaired) electrons. The van der Waals surface area contributed by atoms with Crippen LogP contribution in [0.25, 0.3) is 0 Å². The Kier molecular flexibility index (Phi) is 6.28. The van der Waals surface area contributed by atoms with Crippen LogP contribution in [0.5, 0.6) is 11.5 Å². The lowest BCUT2D eigenvalue weighted by Crippen LogP contribution is -2.05. The lowest BCUT2D eigenvalue weighted by molar-refractivity contribution is -0.0499. The largest absolute Gasteiger partial charge is 0.490 e. The van der Waals surface area contributed by atoms with E-state index in [1.807, 2.05) is 0 Å². The molecule has 2 aromatic carbocycles. The highest BCUT2D eigenvalue weighted by Gasteiger charge is 2.07. The van der Waals surface area contributed by atoms with Crippen LogP contribution in [0.15, 0.2) is 53.7 Å². The van der Waals surface area contributed by atoms with Gasteiger partial charge < -0.3 is 14.3 Å². The highest BCUT2D eigenvalue weighted by molar-refractivity contribution is 5.83. The van der Waals surface area contributed by atoms with E-state index < -0.39 is 6.61 Å². The lowest BCUT2D eigenvalue weighted by atomic mass is 10.2. The van der Waals surface area contributed by atoms with E-state index in [0.29, 0.717) is 11.3 Å². The maximum absolute atomic E-state index is 12.7. The van der Waals surface area contributed by atoms with Crippen LogP contribution in [0.3, 0.4) is 0 Å². The molecule has 2 aromatic rings. The SMILES string of the molecule is Fc1ccc(OCCON=Cc2ccccc2OC(F)F)cc1. The number of oxime groups is 1. The zero-order valence-corrected chi connectivity index (χ0v) is 12.0. The molecule has 0 aliphatic rings. The maximum atomic E-state index is 12.7. The molecule has 0 heterocycles. The van der Waals surface area contributed by atoms with Crippen LogP contribution in [-0.4, -0.2) is 26.0 Å². The minimum Gasteiger partial charge on any atom is -0.490 e. The highest BCUT2D eigenvalue weighted by atomic mass is 19.3. The lowest BCUT2D eigenvalue weighted by Gasteiger charge is -2.07. The van der Waals surface area contributed by atoms with E-state index in [-0.39, 0.29) is 24.8 Å². The Morgan fingerprint density at radius 3 is 2.48 bits per heavy atom. The molecular weight excluding hydrogens is 311 g/mol. The molecule has 0 spiro atoms. The van der Waals surface area contributed by atoms with E-state index >= 15 is 0 Å².